The molecule has 1 saturated heterocycles. The molecule has 166 valence electrons. The van der Waals surface area contributed by atoms with Gasteiger partial charge in [0.05, 0.1) is 6.20 Å². The highest BCUT2D eigenvalue weighted by Crippen LogP contribution is 2.21. The third-order valence-electron chi connectivity index (χ3n) is 5.56. The third kappa shape index (κ3) is 4.31. The summed E-state index contributed by atoms with van der Waals surface area (Å²) in [5.74, 6) is 0.190. The number of aromatic nitrogens is 5. The van der Waals surface area contributed by atoms with Crippen LogP contribution in [-0.2, 0) is 4.79 Å². The van der Waals surface area contributed by atoms with Crippen LogP contribution in [0.5, 0.6) is 0 Å². The number of hydrogen-bond donors (Lipinski definition) is 3. The van der Waals surface area contributed by atoms with Crippen LogP contribution in [0, 0.1) is 0 Å². The number of anilines is 2. The lowest BCUT2D eigenvalue weighted by atomic mass is 10.2. The molecule has 3 aromatic heterocycles. The van der Waals surface area contributed by atoms with Crippen molar-refractivity contribution in [1.29, 1.82) is 0 Å². The van der Waals surface area contributed by atoms with Gasteiger partial charge >= 0.3 is 0 Å². The number of rotatable bonds is 6. The molecule has 0 radical (unpaired) electrons. The van der Waals surface area contributed by atoms with Gasteiger partial charge in [-0.25, -0.2) is 4.52 Å². The fourth-order valence-electron chi connectivity index (χ4n) is 3.84. The molecule has 10 heteroatoms. The number of likely N-dealkylation sites (tertiary alicyclic amines) is 1. The molecule has 1 fully saturated rings. The van der Waals surface area contributed by atoms with Crippen molar-refractivity contribution in [2.75, 3.05) is 23.7 Å². The summed E-state index contributed by atoms with van der Waals surface area (Å²) in [7, 11) is 0. The van der Waals surface area contributed by atoms with Gasteiger partial charge in [0.2, 0.25) is 11.9 Å². The molecule has 2 amide bonds. The highest BCUT2D eigenvalue weighted by molar-refractivity contribution is 5.99. The molecule has 1 atom stereocenters. The van der Waals surface area contributed by atoms with Gasteiger partial charge in [0.25, 0.3) is 5.91 Å². The predicted molar refractivity (Wildman–Crippen MR) is 124 cm³/mol. The highest BCUT2D eigenvalue weighted by Gasteiger charge is 2.27. The Kier molecular flexibility index (Phi) is 5.31. The summed E-state index contributed by atoms with van der Waals surface area (Å²) in [6, 6.07) is 10.8. The van der Waals surface area contributed by atoms with Crippen LogP contribution in [0.15, 0.2) is 67.6 Å². The number of carbonyl (C=O) groups is 2. The molecule has 0 bridgehead atoms. The van der Waals surface area contributed by atoms with Gasteiger partial charge in [-0.15, -0.1) is 5.10 Å². The predicted octanol–water partition coefficient (Wildman–Crippen LogP) is 2.57. The van der Waals surface area contributed by atoms with Crippen LogP contribution >= 0.6 is 0 Å². The normalized spacial score (nSPS) is 15.5. The summed E-state index contributed by atoms with van der Waals surface area (Å²) < 4.78 is 1.73. The van der Waals surface area contributed by atoms with Crippen molar-refractivity contribution in [3.8, 4) is 11.1 Å². The van der Waals surface area contributed by atoms with E-state index in [0.717, 1.165) is 23.2 Å². The van der Waals surface area contributed by atoms with Gasteiger partial charge in [-0.05, 0) is 48.9 Å². The number of carbonyl (C=O) groups excluding carboxylic acids is 2. The van der Waals surface area contributed by atoms with Crippen LogP contribution < -0.4 is 10.6 Å². The quantitative estimate of drug-likeness (QED) is 0.395. The highest BCUT2D eigenvalue weighted by atomic mass is 16.2. The lowest BCUT2D eigenvalue weighted by Crippen LogP contribution is -2.31. The fraction of sp³-hybridized carbons (Fsp3) is 0.174. The molecule has 1 aromatic carbocycles. The van der Waals surface area contributed by atoms with E-state index in [1.54, 1.807) is 35.0 Å². The SMILES string of the molecule is C=CC(=O)Nc1ccc(C(=O)N2CCC(Nc3nc4ccc(-c5cn[nH]c5)cn4n3)C2)cc1. The number of benzene rings is 1. The number of hydrogen-bond acceptors (Lipinski definition) is 6. The minimum atomic E-state index is -0.291. The lowest BCUT2D eigenvalue weighted by Gasteiger charge is -2.17. The van der Waals surface area contributed by atoms with E-state index in [9.17, 15) is 9.59 Å². The Bertz CT molecular complexity index is 1310. The first-order valence-electron chi connectivity index (χ1n) is 10.5. The molecular weight excluding hydrogens is 420 g/mol. The van der Waals surface area contributed by atoms with E-state index in [-0.39, 0.29) is 17.9 Å². The second-order valence-corrected chi connectivity index (χ2v) is 7.79. The van der Waals surface area contributed by atoms with Crippen molar-refractivity contribution in [2.45, 2.75) is 12.5 Å². The molecule has 4 heterocycles. The molecule has 33 heavy (non-hydrogen) atoms. The average molecular weight is 442 g/mol. The zero-order valence-corrected chi connectivity index (χ0v) is 17.7. The maximum atomic E-state index is 12.9. The topological polar surface area (TPSA) is 120 Å². The number of H-pyrrole nitrogens is 1. The Morgan fingerprint density at radius 3 is 2.76 bits per heavy atom. The van der Waals surface area contributed by atoms with E-state index in [1.807, 2.05) is 29.4 Å². The summed E-state index contributed by atoms with van der Waals surface area (Å²) in [4.78, 5) is 30.6. The number of nitrogens with one attached hydrogen (secondary N) is 3. The van der Waals surface area contributed by atoms with E-state index >= 15 is 0 Å². The van der Waals surface area contributed by atoms with Gasteiger partial charge in [-0.3, -0.25) is 14.7 Å². The van der Waals surface area contributed by atoms with E-state index < -0.39 is 0 Å². The smallest absolute Gasteiger partial charge is 0.253 e. The molecular formula is C23H22N8O2. The summed E-state index contributed by atoms with van der Waals surface area (Å²) in [5, 5.41) is 17.3. The van der Waals surface area contributed by atoms with Crippen LogP contribution in [0.4, 0.5) is 11.6 Å². The van der Waals surface area contributed by atoms with Crippen LogP contribution in [0.3, 0.4) is 0 Å². The second kappa shape index (κ2) is 8.58. The number of amides is 2. The largest absolute Gasteiger partial charge is 0.348 e. The molecule has 10 nitrogen and oxygen atoms in total. The Morgan fingerprint density at radius 1 is 1.15 bits per heavy atom. The number of pyridine rings is 1. The van der Waals surface area contributed by atoms with Gasteiger partial charge in [0.1, 0.15) is 0 Å². The molecule has 5 rings (SSSR count). The van der Waals surface area contributed by atoms with E-state index in [1.165, 1.54) is 6.08 Å². The van der Waals surface area contributed by atoms with Gasteiger partial charge in [0, 0.05) is 53.9 Å². The minimum Gasteiger partial charge on any atom is -0.348 e. The Labute approximate surface area is 189 Å². The third-order valence-corrected chi connectivity index (χ3v) is 5.56. The first-order chi connectivity index (χ1) is 16.1. The molecule has 1 unspecified atom stereocenters. The minimum absolute atomic E-state index is 0.0476. The van der Waals surface area contributed by atoms with Crippen LogP contribution in [0.25, 0.3) is 16.8 Å². The van der Waals surface area contributed by atoms with Crippen LogP contribution in [0.2, 0.25) is 0 Å². The summed E-state index contributed by atoms with van der Waals surface area (Å²) in [6.45, 7) is 4.63. The lowest BCUT2D eigenvalue weighted by molar-refractivity contribution is -0.111. The Balaban J connectivity index is 1.22. The first kappa shape index (κ1) is 20.4. The van der Waals surface area contributed by atoms with Crippen LogP contribution in [-0.4, -0.2) is 60.6 Å². The summed E-state index contributed by atoms with van der Waals surface area (Å²) in [6.07, 6.45) is 7.49. The summed E-state index contributed by atoms with van der Waals surface area (Å²) in [5.41, 5.74) is 3.89. The first-order valence-corrected chi connectivity index (χ1v) is 10.5. The van der Waals surface area contributed by atoms with Crippen molar-refractivity contribution in [2.24, 2.45) is 0 Å². The number of fused-ring (bicyclic) bond motifs is 1. The molecule has 0 aliphatic carbocycles. The number of aromatic amines is 1. The average Bonchev–Trinajstić information content (AvgIpc) is 3.59. The van der Waals surface area contributed by atoms with Gasteiger partial charge in [0.15, 0.2) is 5.65 Å². The van der Waals surface area contributed by atoms with E-state index in [0.29, 0.717) is 30.3 Å². The monoisotopic (exact) mass is 442 g/mol. The van der Waals surface area contributed by atoms with Crippen LogP contribution in [0.1, 0.15) is 16.8 Å². The van der Waals surface area contributed by atoms with Crippen molar-refractivity contribution >= 4 is 29.1 Å². The zero-order valence-electron chi connectivity index (χ0n) is 17.7. The Hall–Kier alpha value is -4.47. The molecule has 4 aromatic rings. The molecule has 0 saturated carbocycles. The standard InChI is InChI=1S/C23H22N8O2/c1-2-21(32)26-18-6-3-15(4-7-18)22(33)30-10-9-19(14-30)27-23-28-20-8-5-16(13-31(20)29-23)17-11-24-25-12-17/h2-8,11-13,19H,1,9-10,14H2,(H,24,25)(H,26,32)(H,27,29). The van der Waals surface area contributed by atoms with E-state index in [2.05, 4.69) is 37.5 Å². The fourth-order valence-corrected chi connectivity index (χ4v) is 3.84. The van der Waals surface area contributed by atoms with E-state index in [4.69, 9.17) is 0 Å². The maximum absolute atomic E-state index is 12.9. The maximum Gasteiger partial charge on any atom is 0.253 e. The number of nitrogens with zero attached hydrogens (tertiary/aromatic N) is 5. The van der Waals surface area contributed by atoms with Gasteiger partial charge < -0.3 is 15.5 Å². The van der Waals surface area contributed by atoms with Crippen molar-refractivity contribution in [3.63, 3.8) is 0 Å². The second-order valence-electron chi connectivity index (χ2n) is 7.79. The molecule has 0 spiro atoms. The summed E-state index contributed by atoms with van der Waals surface area (Å²) >= 11 is 0. The Morgan fingerprint density at radius 2 is 2.00 bits per heavy atom. The molecule has 1 aliphatic rings. The van der Waals surface area contributed by atoms with Gasteiger partial charge in [-0.1, -0.05) is 6.58 Å². The molecule has 1 aliphatic heterocycles. The van der Waals surface area contributed by atoms with Crippen molar-refractivity contribution < 1.29 is 9.59 Å². The molecule has 3 N–H and O–H groups in total. The zero-order chi connectivity index (χ0) is 22.8. The van der Waals surface area contributed by atoms with Crippen molar-refractivity contribution in [3.05, 3.63) is 73.2 Å². The van der Waals surface area contributed by atoms with Crippen molar-refractivity contribution in [1.82, 2.24) is 29.7 Å². The van der Waals surface area contributed by atoms with Gasteiger partial charge in [-0.2, -0.15) is 10.1 Å².